The Bertz CT molecular complexity index is 710. The van der Waals surface area contributed by atoms with E-state index in [2.05, 4.69) is 50.3 Å². The summed E-state index contributed by atoms with van der Waals surface area (Å²) in [6.45, 7) is 5.07. The lowest BCUT2D eigenvalue weighted by Crippen LogP contribution is -2.22. The van der Waals surface area contributed by atoms with Crippen LogP contribution in [0, 0.1) is 0 Å². The third-order valence-corrected chi connectivity index (χ3v) is 4.69. The van der Waals surface area contributed by atoms with E-state index in [1.807, 2.05) is 11.6 Å². The number of hydrogen-bond acceptors (Lipinski definition) is 6. The van der Waals surface area contributed by atoms with Crippen LogP contribution in [0.3, 0.4) is 0 Å². The Kier molecular flexibility index (Phi) is 3.77. The molecule has 0 fully saturated rings. The maximum atomic E-state index is 4.69. The Balaban J connectivity index is 1.94. The number of aromatic nitrogens is 5. The maximum Gasteiger partial charge on any atom is 0.197 e. The number of nitrogens with zero attached hydrogens (tertiary/aromatic N) is 5. The fourth-order valence-electron chi connectivity index (χ4n) is 1.81. The van der Waals surface area contributed by atoms with Crippen LogP contribution in [-0.4, -0.2) is 30.2 Å². The van der Waals surface area contributed by atoms with Crippen molar-refractivity contribution in [2.75, 3.05) is 0 Å². The van der Waals surface area contributed by atoms with E-state index in [9.17, 15) is 0 Å². The van der Waals surface area contributed by atoms with Crippen LogP contribution in [0.15, 0.2) is 28.1 Å². The lowest BCUT2D eigenvalue weighted by atomic mass is 10.3. The van der Waals surface area contributed by atoms with E-state index in [1.54, 1.807) is 29.4 Å². The van der Waals surface area contributed by atoms with Gasteiger partial charge in [-0.05, 0) is 11.8 Å². The van der Waals surface area contributed by atoms with Gasteiger partial charge in [0.1, 0.15) is 11.4 Å². The van der Waals surface area contributed by atoms with Gasteiger partial charge in [0.05, 0.1) is 5.69 Å². The van der Waals surface area contributed by atoms with Crippen molar-refractivity contribution in [2.24, 2.45) is 7.05 Å². The molecule has 3 rings (SSSR count). The Morgan fingerprint density at radius 1 is 1.45 bits per heavy atom. The molecule has 0 spiro atoms. The van der Waals surface area contributed by atoms with Crippen molar-refractivity contribution in [3.63, 3.8) is 0 Å². The first-order valence-electron chi connectivity index (χ1n) is 6.35. The number of aryl methyl sites for hydroxylation is 1. The summed E-state index contributed by atoms with van der Waals surface area (Å²) in [6.07, 6.45) is 3.76. The number of thiazole rings is 1. The summed E-state index contributed by atoms with van der Waals surface area (Å²) < 4.78 is 4.04. The molecule has 0 bridgehead atoms. The van der Waals surface area contributed by atoms with Crippen LogP contribution in [0.2, 0.25) is 0 Å². The maximum absolute atomic E-state index is 4.69. The SMILES string of the molecule is CC(C)NCc1c(Sc2nncn2C)nc2sccn12. The topological polar surface area (TPSA) is 60.0 Å². The van der Waals surface area contributed by atoms with Crippen molar-refractivity contribution in [3.8, 4) is 0 Å². The molecular weight excluding hydrogens is 292 g/mol. The fourth-order valence-corrected chi connectivity index (χ4v) is 3.47. The molecule has 0 saturated carbocycles. The number of rotatable bonds is 5. The van der Waals surface area contributed by atoms with Gasteiger partial charge in [0, 0.05) is 31.2 Å². The molecule has 0 unspecified atom stereocenters. The van der Waals surface area contributed by atoms with Gasteiger partial charge in [-0.2, -0.15) is 0 Å². The molecule has 6 nitrogen and oxygen atoms in total. The second-order valence-electron chi connectivity index (χ2n) is 4.78. The molecule has 0 aromatic carbocycles. The first kappa shape index (κ1) is 13.6. The van der Waals surface area contributed by atoms with Crippen LogP contribution in [-0.2, 0) is 13.6 Å². The van der Waals surface area contributed by atoms with E-state index in [1.165, 1.54) is 5.69 Å². The minimum Gasteiger partial charge on any atom is -0.311 e. The van der Waals surface area contributed by atoms with E-state index in [0.29, 0.717) is 6.04 Å². The quantitative estimate of drug-likeness (QED) is 0.783. The zero-order valence-electron chi connectivity index (χ0n) is 11.6. The molecule has 20 heavy (non-hydrogen) atoms. The average Bonchev–Trinajstić information content (AvgIpc) is 3.05. The van der Waals surface area contributed by atoms with Gasteiger partial charge in [0.25, 0.3) is 0 Å². The number of hydrogen-bond donors (Lipinski definition) is 1. The number of nitrogens with one attached hydrogen (secondary N) is 1. The van der Waals surface area contributed by atoms with Crippen LogP contribution in [0.5, 0.6) is 0 Å². The molecule has 3 aromatic rings. The van der Waals surface area contributed by atoms with Gasteiger partial charge < -0.3 is 9.88 Å². The van der Waals surface area contributed by atoms with Crippen molar-refractivity contribution in [2.45, 2.75) is 36.6 Å². The zero-order valence-corrected chi connectivity index (χ0v) is 13.2. The Hall–Kier alpha value is -1.38. The van der Waals surface area contributed by atoms with E-state index in [4.69, 9.17) is 0 Å². The van der Waals surface area contributed by atoms with Crippen LogP contribution < -0.4 is 5.32 Å². The van der Waals surface area contributed by atoms with Gasteiger partial charge in [0.15, 0.2) is 10.1 Å². The number of imidazole rings is 1. The average molecular weight is 308 g/mol. The summed E-state index contributed by atoms with van der Waals surface area (Å²) >= 11 is 3.19. The Morgan fingerprint density at radius 3 is 3.00 bits per heavy atom. The highest BCUT2D eigenvalue weighted by Crippen LogP contribution is 2.30. The molecule has 0 aliphatic rings. The molecule has 0 saturated heterocycles. The van der Waals surface area contributed by atoms with Gasteiger partial charge in [0.2, 0.25) is 0 Å². The molecule has 0 radical (unpaired) electrons. The summed E-state index contributed by atoms with van der Waals surface area (Å²) in [5.74, 6) is 0. The molecule has 0 amide bonds. The summed E-state index contributed by atoms with van der Waals surface area (Å²) in [5.41, 5.74) is 1.17. The number of fused-ring (bicyclic) bond motifs is 1. The van der Waals surface area contributed by atoms with Crippen LogP contribution in [0.1, 0.15) is 19.5 Å². The largest absolute Gasteiger partial charge is 0.311 e. The highest BCUT2D eigenvalue weighted by molar-refractivity contribution is 7.99. The van der Waals surface area contributed by atoms with Crippen molar-refractivity contribution >= 4 is 28.1 Å². The molecule has 0 aliphatic carbocycles. The molecule has 3 heterocycles. The molecule has 0 aliphatic heterocycles. The van der Waals surface area contributed by atoms with Crippen molar-refractivity contribution in [1.82, 2.24) is 29.5 Å². The van der Waals surface area contributed by atoms with Crippen molar-refractivity contribution < 1.29 is 0 Å². The first-order chi connectivity index (χ1) is 9.65. The zero-order chi connectivity index (χ0) is 14.1. The Morgan fingerprint density at radius 2 is 2.30 bits per heavy atom. The summed E-state index contributed by atoms with van der Waals surface area (Å²) in [7, 11) is 1.94. The first-order valence-corrected chi connectivity index (χ1v) is 8.04. The van der Waals surface area contributed by atoms with Crippen molar-refractivity contribution in [3.05, 3.63) is 23.6 Å². The molecular formula is C12H16N6S2. The molecule has 1 N–H and O–H groups in total. The summed E-state index contributed by atoms with van der Waals surface area (Å²) in [5, 5.41) is 15.4. The van der Waals surface area contributed by atoms with E-state index >= 15 is 0 Å². The monoisotopic (exact) mass is 308 g/mol. The molecule has 0 atom stereocenters. The lowest BCUT2D eigenvalue weighted by molar-refractivity contribution is 0.574. The van der Waals surface area contributed by atoms with E-state index < -0.39 is 0 Å². The second-order valence-corrected chi connectivity index (χ2v) is 6.61. The minimum atomic E-state index is 0.437. The lowest BCUT2D eigenvalue weighted by Gasteiger charge is -2.08. The van der Waals surface area contributed by atoms with Gasteiger partial charge >= 0.3 is 0 Å². The van der Waals surface area contributed by atoms with Gasteiger partial charge in [-0.1, -0.05) is 13.8 Å². The van der Waals surface area contributed by atoms with E-state index in [0.717, 1.165) is 21.7 Å². The summed E-state index contributed by atoms with van der Waals surface area (Å²) in [6, 6.07) is 0.437. The third-order valence-electron chi connectivity index (χ3n) is 2.86. The van der Waals surface area contributed by atoms with Crippen molar-refractivity contribution in [1.29, 1.82) is 0 Å². The van der Waals surface area contributed by atoms with Crippen LogP contribution in [0.25, 0.3) is 4.96 Å². The van der Waals surface area contributed by atoms with Gasteiger partial charge in [-0.25, -0.2) is 4.98 Å². The predicted octanol–water partition coefficient (Wildman–Crippen LogP) is 2.17. The smallest absolute Gasteiger partial charge is 0.197 e. The Labute approximate surface area is 125 Å². The molecule has 8 heteroatoms. The standard InChI is InChI=1S/C12H16N6S2/c1-8(2)13-6-9-10(15-11-18(9)4-5-19-11)20-12-16-14-7-17(12)3/h4-5,7-8,13H,6H2,1-3H3. The molecule has 106 valence electrons. The van der Waals surface area contributed by atoms with Gasteiger partial charge in [-0.15, -0.1) is 21.5 Å². The minimum absolute atomic E-state index is 0.437. The van der Waals surface area contributed by atoms with E-state index in [-0.39, 0.29) is 0 Å². The highest BCUT2D eigenvalue weighted by Gasteiger charge is 2.16. The second kappa shape index (κ2) is 5.55. The fraction of sp³-hybridized carbons (Fsp3) is 0.417. The normalized spacial score (nSPS) is 11.8. The molecule has 3 aromatic heterocycles. The third kappa shape index (κ3) is 2.58. The summed E-state index contributed by atoms with van der Waals surface area (Å²) in [4.78, 5) is 5.70. The predicted molar refractivity (Wildman–Crippen MR) is 80.2 cm³/mol. The van der Waals surface area contributed by atoms with Crippen LogP contribution in [0.4, 0.5) is 0 Å². The van der Waals surface area contributed by atoms with Crippen LogP contribution >= 0.6 is 23.1 Å². The highest BCUT2D eigenvalue weighted by atomic mass is 32.2. The van der Waals surface area contributed by atoms with Gasteiger partial charge in [-0.3, -0.25) is 4.40 Å².